The second kappa shape index (κ2) is 12.6. The standard InChI is InChI=1S/C29H38Cl2N2O2/c1-2-3-5-10-28(34)33-19-20-35-29(22-33,25-11-12-26(30)27(31)21-25)15-18-32-16-13-24(14-17-32)23-8-6-4-7-9-23/h4,6-9,11-12,21,24H,2-3,5,10,13-20,22H2,1H3. The van der Waals surface area contributed by atoms with E-state index in [9.17, 15) is 4.79 Å². The molecule has 0 radical (unpaired) electrons. The Labute approximate surface area is 220 Å². The summed E-state index contributed by atoms with van der Waals surface area (Å²) in [5.41, 5.74) is 1.90. The molecule has 190 valence electrons. The van der Waals surface area contributed by atoms with E-state index in [2.05, 4.69) is 42.2 Å². The molecule has 2 aromatic rings. The molecule has 0 aromatic heterocycles. The SMILES string of the molecule is CCCCCC(=O)N1CCOC(CCN2CCC(c3ccccc3)CC2)(c2ccc(Cl)c(Cl)c2)C1. The fraction of sp³-hybridized carbons (Fsp3) is 0.552. The first-order chi connectivity index (χ1) is 17.0. The van der Waals surface area contributed by atoms with Crippen molar-refractivity contribution in [2.75, 3.05) is 39.3 Å². The maximum absolute atomic E-state index is 13.0. The Hall–Kier alpha value is -1.59. The molecule has 6 heteroatoms. The van der Waals surface area contributed by atoms with Crippen LogP contribution in [0.5, 0.6) is 0 Å². The molecule has 0 bridgehead atoms. The molecule has 35 heavy (non-hydrogen) atoms. The van der Waals surface area contributed by atoms with Crippen molar-refractivity contribution < 1.29 is 9.53 Å². The zero-order chi connectivity index (χ0) is 24.7. The van der Waals surface area contributed by atoms with E-state index in [1.165, 1.54) is 18.4 Å². The molecule has 4 nitrogen and oxygen atoms in total. The Morgan fingerprint density at radius 1 is 1.03 bits per heavy atom. The van der Waals surface area contributed by atoms with Gasteiger partial charge in [-0.3, -0.25) is 4.79 Å². The zero-order valence-electron chi connectivity index (χ0n) is 20.9. The number of carbonyl (C=O) groups excluding carboxylic acids is 1. The average molecular weight is 518 g/mol. The average Bonchev–Trinajstić information content (AvgIpc) is 2.90. The highest BCUT2D eigenvalue weighted by Crippen LogP contribution is 2.38. The predicted octanol–water partition coefficient (Wildman–Crippen LogP) is 6.90. The topological polar surface area (TPSA) is 32.8 Å². The van der Waals surface area contributed by atoms with Crippen LogP contribution in [-0.4, -0.2) is 55.0 Å². The molecule has 2 saturated heterocycles. The number of nitrogens with zero attached hydrogens (tertiary/aromatic N) is 2. The molecule has 2 fully saturated rings. The normalized spacial score (nSPS) is 21.9. The molecule has 0 aliphatic carbocycles. The summed E-state index contributed by atoms with van der Waals surface area (Å²) in [4.78, 5) is 17.6. The molecular formula is C29H38Cl2N2O2. The highest BCUT2D eigenvalue weighted by atomic mass is 35.5. The van der Waals surface area contributed by atoms with E-state index < -0.39 is 5.60 Å². The lowest BCUT2D eigenvalue weighted by atomic mass is 9.86. The third kappa shape index (κ3) is 6.80. The first-order valence-electron chi connectivity index (χ1n) is 13.2. The van der Waals surface area contributed by atoms with Crippen molar-refractivity contribution in [3.63, 3.8) is 0 Å². The van der Waals surface area contributed by atoms with E-state index in [0.717, 1.165) is 50.9 Å². The highest BCUT2D eigenvalue weighted by Gasteiger charge is 2.40. The van der Waals surface area contributed by atoms with Gasteiger partial charge in [-0.1, -0.05) is 79.4 Å². The number of morpholine rings is 1. The van der Waals surface area contributed by atoms with Crippen LogP contribution >= 0.6 is 23.2 Å². The van der Waals surface area contributed by atoms with Crippen LogP contribution in [0.3, 0.4) is 0 Å². The van der Waals surface area contributed by atoms with Gasteiger partial charge < -0.3 is 14.5 Å². The fourth-order valence-electron chi connectivity index (χ4n) is 5.48. The number of benzene rings is 2. The van der Waals surface area contributed by atoms with E-state index in [1.54, 1.807) is 0 Å². The molecule has 2 aliphatic heterocycles. The number of ether oxygens (including phenoxy) is 1. The Morgan fingerprint density at radius 3 is 2.51 bits per heavy atom. The third-order valence-corrected chi connectivity index (χ3v) is 8.41. The molecule has 1 atom stereocenters. The van der Waals surface area contributed by atoms with Gasteiger partial charge in [0.05, 0.1) is 23.2 Å². The Balaban J connectivity index is 1.44. The largest absolute Gasteiger partial charge is 0.367 e. The quantitative estimate of drug-likeness (QED) is 0.340. The Kier molecular flexibility index (Phi) is 9.52. The summed E-state index contributed by atoms with van der Waals surface area (Å²) in [5.74, 6) is 0.869. The van der Waals surface area contributed by atoms with Gasteiger partial charge in [-0.15, -0.1) is 0 Å². The lowest BCUT2D eigenvalue weighted by Gasteiger charge is -2.44. The van der Waals surface area contributed by atoms with Crippen LogP contribution in [-0.2, 0) is 15.1 Å². The minimum Gasteiger partial charge on any atom is -0.367 e. The third-order valence-electron chi connectivity index (χ3n) is 7.67. The number of halogens is 2. The minimum absolute atomic E-state index is 0.231. The van der Waals surface area contributed by atoms with Gasteiger partial charge in [-0.05, 0) is 68.0 Å². The van der Waals surface area contributed by atoms with E-state index in [4.69, 9.17) is 27.9 Å². The number of rotatable bonds is 9. The number of likely N-dealkylation sites (tertiary alicyclic amines) is 1. The van der Waals surface area contributed by atoms with Crippen LogP contribution in [0.1, 0.15) is 68.9 Å². The van der Waals surface area contributed by atoms with Crippen molar-refractivity contribution in [2.24, 2.45) is 0 Å². The molecule has 2 aromatic carbocycles. The monoisotopic (exact) mass is 516 g/mol. The molecule has 0 N–H and O–H groups in total. The highest BCUT2D eigenvalue weighted by molar-refractivity contribution is 6.42. The second-order valence-corrected chi connectivity index (χ2v) is 10.8. The molecule has 2 aliphatic rings. The van der Waals surface area contributed by atoms with Crippen molar-refractivity contribution in [1.82, 2.24) is 9.80 Å². The summed E-state index contributed by atoms with van der Waals surface area (Å²) in [7, 11) is 0. The number of unbranched alkanes of at least 4 members (excludes halogenated alkanes) is 2. The number of amides is 1. The number of hydrogen-bond acceptors (Lipinski definition) is 3. The van der Waals surface area contributed by atoms with Crippen molar-refractivity contribution >= 4 is 29.1 Å². The molecule has 1 unspecified atom stereocenters. The van der Waals surface area contributed by atoms with Crippen LogP contribution < -0.4 is 0 Å². The molecular weight excluding hydrogens is 479 g/mol. The van der Waals surface area contributed by atoms with Gasteiger partial charge in [-0.25, -0.2) is 0 Å². The van der Waals surface area contributed by atoms with E-state index in [0.29, 0.717) is 42.1 Å². The van der Waals surface area contributed by atoms with Gasteiger partial charge in [0.25, 0.3) is 0 Å². The molecule has 0 spiro atoms. The molecule has 2 heterocycles. The van der Waals surface area contributed by atoms with E-state index in [1.807, 2.05) is 23.1 Å². The van der Waals surface area contributed by atoms with Crippen LogP contribution in [0.15, 0.2) is 48.5 Å². The van der Waals surface area contributed by atoms with Crippen molar-refractivity contribution in [3.05, 3.63) is 69.7 Å². The van der Waals surface area contributed by atoms with Crippen molar-refractivity contribution in [2.45, 2.75) is 63.4 Å². The van der Waals surface area contributed by atoms with Gasteiger partial charge >= 0.3 is 0 Å². The predicted molar refractivity (Wildman–Crippen MR) is 144 cm³/mol. The summed E-state index contributed by atoms with van der Waals surface area (Å²) >= 11 is 12.7. The van der Waals surface area contributed by atoms with Crippen molar-refractivity contribution in [3.8, 4) is 0 Å². The molecule has 0 saturated carbocycles. The Morgan fingerprint density at radius 2 is 1.80 bits per heavy atom. The zero-order valence-corrected chi connectivity index (χ0v) is 22.4. The number of carbonyl (C=O) groups is 1. The van der Waals surface area contributed by atoms with Gasteiger partial charge in [0.2, 0.25) is 5.91 Å². The Bertz CT molecular complexity index is 962. The molecule has 4 rings (SSSR count). The van der Waals surface area contributed by atoms with Gasteiger partial charge in [-0.2, -0.15) is 0 Å². The van der Waals surface area contributed by atoms with Gasteiger partial charge in [0, 0.05) is 19.5 Å². The van der Waals surface area contributed by atoms with Crippen molar-refractivity contribution in [1.29, 1.82) is 0 Å². The summed E-state index contributed by atoms with van der Waals surface area (Å²) < 4.78 is 6.51. The van der Waals surface area contributed by atoms with Crippen LogP contribution in [0, 0.1) is 0 Å². The summed E-state index contributed by atoms with van der Waals surface area (Å²) in [6.45, 7) is 7.01. The fourth-order valence-corrected chi connectivity index (χ4v) is 5.78. The maximum Gasteiger partial charge on any atom is 0.222 e. The maximum atomic E-state index is 13.0. The summed E-state index contributed by atoms with van der Waals surface area (Å²) in [6, 6.07) is 16.7. The number of piperidine rings is 1. The summed E-state index contributed by atoms with van der Waals surface area (Å²) in [6.07, 6.45) is 6.93. The molecule has 1 amide bonds. The number of hydrogen-bond donors (Lipinski definition) is 0. The first kappa shape index (κ1) is 26.5. The van der Waals surface area contributed by atoms with E-state index in [-0.39, 0.29) is 5.91 Å². The van der Waals surface area contributed by atoms with Gasteiger partial charge in [0.15, 0.2) is 0 Å². The summed E-state index contributed by atoms with van der Waals surface area (Å²) in [5, 5.41) is 1.07. The lowest BCUT2D eigenvalue weighted by molar-refractivity contribution is -0.155. The van der Waals surface area contributed by atoms with Crippen LogP contribution in [0.25, 0.3) is 0 Å². The van der Waals surface area contributed by atoms with Gasteiger partial charge in [0.1, 0.15) is 5.60 Å². The second-order valence-electron chi connectivity index (χ2n) is 10.0. The van der Waals surface area contributed by atoms with Crippen LogP contribution in [0.2, 0.25) is 10.0 Å². The lowest BCUT2D eigenvalue weighted by Crippen LogP contribution is -2.53. The van der Waals surface area contributed by atoms with E-state index >= 15 is 0 Å². The smallest absolute Gasteiger partial charge is 0.222 e. The van der Waals surface area contributed by atoms with Crippen LogP contribution in [0.4, 0.5) is 0 Å². The first-order valence-corrected chi connectivity index (χ1v) is 13.9. The minimum atomic E-state index is -0.566.